The Kier molecular flexibility index (Phi) is 4.47. The highest BCUT2D eigenvalue weighted by Gasteiger charge is 2.00. The molecule has 0 bridgehead atoms. The molecule has 3 N–H and O–H groups in total. The van der Waals surface area contributed by atoms with Gasteiger partial charge in [-0.3, -0.25) is 5.41 Å². The Morgan fingerprint density at radius 2 is 1.95 bits per heavy atom. The summed E-state index contributed by atoms with van der Waals surface area (Å²) in [5.74, 6) is 1.86. The first kappa shape index (κ1) is 13.5. The molecule has 0 saturated carbocycles. The van der Waals surface area contributed by atoms with Gasteiger partial charge in [0.05, 0.1) is 7.11 Å². The first-order chi connectivity index (χ1) is 9.19. The molecule has 2 aromatic carbocycles. The quantitative estimate of drug-likeness (QED) is 0.499. The lowest BCUT2D eigenvalue weighted by atomic mass is 10.1. The summed E-state index contributed by atoms with van der Waals surface area (Å²) in [6.07, 6.45) is 0. The molecule has 3 nitrogen and oxygen atoms in total. The van der Waals surface area contributed by atoms with E-state index < -0.39 is 0 Å². The molecule has 0 aliphatic rings. The van der Waals surface area contributed by atoms with Crippen LogP contribution in [-0.4, -0.2) is 12.9 Å². The fraction of sp³-hybridized carbons (Fsp3) is 0.133. The summed E-state index contributed by atoms with van der Waals surface area (Å²) in [5, 5.41) is 7.35. The third kappa shape index (κ3) is 3.76. The summed E-state index contributed by atoms with van der Waals surface area (Å²) in [7, 11) is 1.67. The average Bonchev–Trinajstić information content (AvgIpc) is 2.46. The van der Waals surface area contributed by atoms with Crippen molar-refractivity contribution in [1.29, 1.82) is 5.41 Å². The molecule has 4 heteroatoms. The Bertz CT molecular complexity index is 567. The van der Waals surface area contributed by atoms with Crippen molar-refractivity contribution in [2.24, 2.45) is 5.73 Å². The molecule has 0 heterocycles. The second-order valence-corrected chi connectivity index (χ2v) is 5.13. The predicted octanol–water partition coefficient (Wildman–Crippen LogP) is 3.27. The molecule has 0 aliphatic heterocycles. The number of ether oxygens (including phenoxy) is 1. The van der Waals surface area contributed by atoms with Gasteiger partial charge in [0.15, 0.2) is 0 Å². The van der Waals surface area contributed by atoms with Gasteiger partial charge in [-0.25, -0.2) is 0 Å². The summed E-state index contributed by atoms with van der Waals surface area (Å²) in [6, 6.07) is 15.8. The number of thioether (sulfide) groups is 1. The van der Waals surface area contributed by atoms with E-state index in [2.05, 4.69) is 6.07 Å². The molecule has 0 fully saturated rings. The third-order valence-corrected chi connectivity index (χ3v) is 3.78. The van der Waals surface area contributed by atoms with E-state index >= 15 is 0 Å². The van der Waals surface area contributed by atoms with Crippen molar-refractivity contribution in [2.75, 3.05) is 7.11 Å². The second-order valence-electron chi connectivity index (χ2n) is 4.08. The molecule has 0 atom stereocenters. The van der Waals surface area contributed by atoms with Crippen molar-refractivity contribution >= 4 is 17.6 Å². The summed E-state index contributed by atoms with van der Waals surface area (Å²) >= 11 is 1.75. The molecule has 0 amide bonds. The number of amidine groups is 1. The third-order valence-electron chi connectivity index (χ3n) is 2.71. The van der Waals surface area contributed by atoms with Gasteiger partial charge in [-0.1, -0.05) is 30.3 Å². The van der Waals surface area contributed by atoms with Crippen LogP contribution < -0.4 is 10.5 Å². The van der Waals surface area contributed by atoms with Crippen molar-refractivity contribution < 1.29 is 4.74 Å². The normalized spacial score (nSPS) is 10.2. The van der Waals surface area contributed by atoms with Gasteiger partial charge in [0.2, 0.25) is 0 Å². The molecule has 0 aromatic heterocycles. The van der Waals surface area contributed by atoms with Crippen LogP contribution in [0.15, 0.2) is 53.4 Å². The minimum absolute atomic E-state index is 0.104. The lowest BCUT2D eigenvalue weighted by Crippen LogP contribution is -2.10. The standard InChI is InChI=1S/C15H16N2OS/c1-18-13-3-2-4-14(9-13)19-10-11-5-7-12(8-6-11)15(16)17/h2-9H,10H2,1H3,(H3,16,17). The van der Waals surface area contributed by atoms with Gasteiger partial charge in [0.25, 0.3) is 0 Å². The average molecular weight is 272 g/mol. The van der Waals surface area contributed by atoms with Crippen molar-refractivity contribution in [2.45, 2.75) is 10.6 Å². The number of rotatable bonds is 5. The summed E-state index contributed by atoms with van der Waals surface area (Å²) < 4.78 is 5.20. The van der Waals surface area contributed by atoms with E-state index in [1.165, 1.54) is 10.5 Å². The number of nitrogens with one attached hydrogen (secondary N) is 1. The van der Waals surface area contributed by atoms with Crippen molar-refractivity contribution in [1.82, 2.24) is 0 Å². The van der Waals surface area contributed by atoms with Crippen molar-refractivity contribution in [3.8, 4) is 5.75 Å². The zero-order chi connectivity index (χ0) is 13.7. The van der Waals surface area contributed by atoms with E-state index in [1.54, 1.807) is 18.9 Å². The topological polar surface area (TPSA) is 59.1 Å². The molecule has 2 aromatic rings. The highest BCUT2D eigenvalue weighted by Crippen LogP contribution is 2.26. The van der Waals surface area contributed by atoms with Crippen molar-refractivity contribution in [3.63, 3.8) is 0 Å². The minimum Gasteiger partial charge on any atom is -0.497 e. The monoisotopic (exact) mass is 272 g/mol. The van der Waals surface area contributed by atoms with Crippen LogP contribution in [0, 0.1) is 5.41 Å². The zero-order valence-corrected chi connectivity index (χ0v) is 11.5. The number of nitrogens with two attached hydrogens (primary N) is 1. The van der Waals surface area contributed by atoms with E-state index in [4.69, 9.17) is 15.9 Å². The van der Waals surface area contributed by atoms with Crippen LogP contribution in [0.25, 0.3) is 0 Å². The Hall–Kier alpha value is -1.94. The van der Waals surface area contributed by atoms with Crippen LogP contribution in [0.4, 0.5) is 0 Å². The van der Waals surface area contributed by atoms with Crippen LogP contribution in [0.5, 0.6) is 5.75 Å². The van der Waals surface area contributed by atoms with Crippen LogP contribution in [0.2, 0.25) is 0 Å². The molecular formula is C15H16N2OS. The molecule has 0 radical (unpaired) electrons. The zero-order valence-electron chi connectivity index (χ0n) is 10.7. The lowest BCUT2D eigenvalue weighted by molar-refractivity contribution is 0.413. The maximum absolute atomic E-state index is 7.35. The van der Waals surface area contributed by atoms with Gasteiger partial charge in [0, 0.05) is 16.2 Å². The van der Waals surface area contributed by atoms with E-state index in [1.807, 2.05) is 42.5 Å². The van der Waals surface area contributed by atoms with Gasteiger partial charge in [-0.15, -0.1) is 11.8 Å². The molecule has 98 valence electrons. The first-order valence-corrected chi connectivity index (χ1v) is 6.88. The highest BCUT2D eigenvalue weighted by atomic mass is 32.2. The molecule has 2 rings (SSSR count). The summed E-state index contributed by atoms with van der Waals surface area (Å²) in [6.45, 7) is 0. The van der Waals surface area contributed by atoms with Crippen LogP contribution in [0.3, 0.4) is 0 Å². The SMILES string of the molecule is COc1cccc(SCc2ccc(C(=N)N)cc2)c1. The van der Waals surface area contributed by atoms with Gasteiger partial charge >= 0.3 is 0 Å². The Morgan fingerprint density at radius 1 is 1.21 bits per heavy atom. The van der Waals surface area contributed by atoms with E-state index in [0.717, 1.165) is 17.1 Å². The lowest BCUT2D eigenvalue weighted by Gasteiger charge is -2.05. The Labute approximate surface area is 117 Å². The molecule has 0 spiro atoms. The number of hydrogen-bond donors (Lipinski definition) is 2. The van der Waals surface area contributed by atoms with Gasteiger partial charge < -0.3 is 10.5 Å². The van der Waals surface area contributed by atoms with Gasteiger partial charge in [0.1, 0.15) is 11.6 Å². The maximum Gasteiger partial charge on any atom is 0.122 e. The van der Waals surface area contributed by atoms with Crippen LogP contribution in [-0.2, 0) is 5.75 Å². The maximum atomic E-state index is 7.35. The first-order valence-electron chi connectivity index (χ1n) is 5.89. The summed E-state index contributed by atoms with van der Waals surface area (Å²) in [4.78, 5) is 1.18. The molecule has 0 aliphatic carbocycles. The molecule has 0 unspecified atom stereocenters. The van der Waals surface area contributed by atoms with Crippen molar-refractivity contribution in [3.05, 3.63) is 59.7 Å². The number of benzene rings is 2. The van der Waals surface area contributed by atoms with E-state index in [-0.39, 0.29) is 5.84 Å². The number of methoxy groups -OCH3 is 1. The Balaban J connectivity index is 1.99. The van der Waals surface area contributed by atoms with E-state index in [0.29, 0.717) is 0 Å². The van der Waals surface area contributed by atoms with E-state index in [9.17, 15) is 0 Å². The minimum atomic E-state index is 0.104. The number of nitrogen functional groups attached to an aromatic ring is 1. The number of hydrogen-bond acceptors (Lipinski definition) is 3. The van der Waals surface area contributed by atoms with Gasteiger partial charge in [-0.2, -0.15) is 0 Å². The molecular weight excluding hydrogens is 256 g/mol. The fourth-order valence-corrected chi connectivity index (χ4v) is 2.54. The molecule has 0 saturated heterocycles. The smallest absolute Gasteiger partial charge is 0.122 e. The predicted molar refractivity (Wildman–Crippen MR) is 80.0 cm³/mol. The summed E-state index contributed by atoms with van der Waals surface area (Å²) in [5.41, 5.74) is 7.39. The van der Waals surface area contributed by atoms with Crippen LogP contribution >= 0.6 is 11.8 Å². The Morgan fingerprint density at radius 3 is 2.58 bits per heavy atom. The van der Waals surface area contributed by atoms with Gasteiger partial charge in [-0.05, 0) is 23.8 Å². The molecule has 19 heavy (non-hydrogen) atoms. The second kappa shape index (κ2) is 6.29. The largest absolute Gasteiger partial charge is 0.497 e. The highest BCUT2D eigenvalue weighted by molar-refractivity contribution is 7.98. The fourth-order valence-electron chi connectivity index (χ4n) is 1.64. The van der Waals surface area contributed by atoms with Crippen LogP contribution in [0.1, 0.15) is 11.1 Å².